The number of nitrogens with zero attached hydrogens (tertiary/aromatic N) is 1. The van der Waals surface area contributed by atoms with Crippen LogP contribution in [0.2, 0.25) is 0 Å². The lowest BCUT2D eigenvalue weighted by Gasteiger charge is -2.38. The molecule has 0 aliphatic carbocycles. The van der Waals surface area contributed by atoms with E-state index in [4.69, 9.17) is 16.3 Å². The van der Waals surface area contributed by atoms with Crippen molar-refractivity contribution in [3.8, 4) is 0 Å². The van der Waals surface area contributed by atoms with Crippen LogP contribution >= 0.6 is 11.6 Å². The van der Waals surface area contributed by atoms with Gasteiger partial charge in [-0.1, -0.05) is 6.92 Å². The lowest BCUT2D eigenvalue weighted by Crippen LogP contribution is -2.44. The van der Waals surface area contributed by atoms with Gasteiger partial charge in [-0.3, -0.25) is 0 Å². The Balaban J connectivity index is 2.21. The third kappa shape index (κ3) is 2.78. The van der Waals surface area contributed by atoms with Gasteiger partial charge in [0.1, 0.15) is 5.82 Å². The lowest BCUT2D eigenvalue weighted by atomic mass is 9.95. The van der Waals surface area contributed by atoms with E-state index in [0.29, 0.717) is 11.8 Å². The molecule has 2 rings (SSSR count). The standard InChI is InChI=1S/C14H19ClFNO/c1-10-5-6-17(9-14(10)18-2)13-4-3-12(16)7-11(13)8-15/h3-4,7,10,14H,5-6,8-9H2,1-2H3. The second-order valence-electron chi connectivity index (χ2n) is 4.89. The summed E-state index contributed by atoms with van der Waals surface area (Å²) < 4.78 is 18.7. The Labute approximate surface area is 113 Å². The maximum atomic E-state index is 13.2. The van der Waals surface area contributed by atoms with Gasteiger partial charge in [-0.2, -0.15) is 0 Å². The molecule has 1 aliphatic rings. The van der Waals surface area contributed by atoms with Crippen LogP contribution in [0.5, 0.6) is 0 Å². The van der Waals surface area contributed by atoms with Crippen molar-refractivity contribution in [1.29, 1.82) is 0 Å². The Bertz CT molecular complexity index is 413. The predicted molar refractivity (Wildman–Crippen MR) is 72.7 cm³/mol. The number of hydrogen-bond acceptors (Lipinski definition) is 2. The van der Waals surface area contributed by atoms with Gasteiger partial charge < -0.3 is 9.64 Å². The highest BCUT2D eigenvalue weighted by Gasteiger charge is 2.27. The fourth-order valence-corrected chi connectivity index (χ4v) is 2.74. The van der Waals surface area contributed by atoms with Crippen LogP contribution in [0.15, 0.2) is 18.2 Å². The molecule has 0 spiro atoms. The Morgan fingerprint density at radius 2 is 2.28 bits per heavy atom. The van der Waals surface area contributed by atoms with Gasteiger partial charge in [-0.15, -0.1) is 11.6 Å². The summed E-state index contributed by atoms with van der Waals surface area (Å²) in [5, 5.41) is 0. The Morgan fingerprint density at radius 1 is 1.50 bits per heavy atom. The molecule has 1 aliphatic heterocycles. The van der Waals surface area contributed by atoms with E-state index in [9.17, 15) is 4.39 Å². The number of alkyl halides is 1. The van der Waals surface area contributed by atoms with Gasteiger partial charge in [0.05, 0.1) is 6.10 Å². The minimum atomic E-state index is -0.233. The second kappa shape index (κ2) is 5.89. The summed E-state index contributed by atoms with van der Waals surface area (Å²) in [7, 11) is 1.75. The van der Waals surface area contributed by atoms with Crippen LogP contribution < -0.4 is 4.90 Å². The van der Waals surface area contributed by atoms with Crippen LogP contribution in [-0.2, 0) is 10.6 Å². The molecule has 1 heterocycles. The monoisotopic (exact) mass is 271 g/mol. The zero-order valence-corrected chi connectivity index (χ0v) is 11.6. The number of halogens is 2. The maximum Gasteiger partial charge on any atom is 0.123 e. The van der Waals surface area contributed by atoms with Crippen molar-refractivity contribution in [2.24, 2.45) is 5.92 Å². The van der Waals surface area contributed by atoms with Gasteiger partial charge in [0, 0.05) is 31.8 Å². The van der Waals surface area contributed by atoms with Crippen molar-refractivity contribution in [2.45, 2.75) is 25.3 Å². The summed E-state index contributed by atoms with van der Waals surface area (Å²) in [5.74, 6) is 0.658. The molecular weight excluding hydrogens is 253 g/mol. The Kier molecular flexibility index (Phi) is 4.46. The van der Waals surface area contributed by atoms with E-state index in [0.717, 1.165) is 30.8 Å². The van der Waals surface area contributed by atoms with Crippen molar-refractivity contribution in [3.63, 3.8) is 0 Å². The average molecular weight is 272 g/mol. The van der Waals surface area contributed by atoms with Gasteiger partial charge in [-0.05, 0) is 36.1 Å². The molecule has 1 saturated heterocycles. The van der Waals surface area contributed by atoms with Crippen LogP contribution in [0.1, 0.15) is 18.9 Å². The third-order valence-corrected chi connectivity index (χ3v) is 4.01. The summed E-state index contributed by atoms with van der Waals surface area (Å²) in [6.07, 6.45) is 1.31. The lowest BCUT2D eigenvalue weighted by molar-refractivity contribution is 0.0498. The fourth-order valence-electron chi connectivity index (χ4n) is 2.53. The Hall–Kier alpha value is -0.800. The third-order valence-electron chi connectivity index (χ3n) is 3.72. The number of ether oxygens (including phenoxy) is 1. The molecule has 0 amide bonds. The van der Waals surface area contributed by atoms with E-state index in [2.05, 4.69) is 11.8 Å². The number of benzene rings is 1. The molecule has 0 radical (unpaired) electrons. The van der Waals surface area contributed by atoms with E-state index in [1.807, 2.05) is 6.07 Å². The van der Waals surface area contributed by atoms with Crippen LogP contribution in [0.3, 0.4) is 0 Å². The first-order chi connectivity index (χ1) is 8.65. The number of rotatable bonds is 3. The number of methoxy groups -OCH3 is 1. The van der Waals surface area contributed by atoms with E-state index < -0.39 is 0 Å². The molecular formula is C14H19ClFNO. The first kappa shape index (κ1) is 13.6. The summed E-state index contributed by atoms with van der Waals surface area (Å²) in [5.41, 5.74) is 1.88. The van der Waals surface area contributed by atoms with Gasteiger partial charge in [0.25, 0.3) is 0 Å². The SMILES string of the molecule is COC1CN(c2ccc(F)cc2CCl)CCC1C. The highest BCUT2D eigenvalue weighted by molar-refractivity contribution is 6.17. The molecule has 1 aromatic rings. The van der Waals surface area contributed by atoms with E-state index >= 15 is 0 Å². The smallest absolute Gasteiger partial charge is 0.123 e. The zero-order chi connectivity index (χ0) is 13.1. The summed E-state index contributed by atoms with van der Waals surface area (Å²) in [4.78, 5) is 2.24. The van der Waals surface area contributed by atoms with E-state index in [1.54, 1.807) is 7.11 Å². The molecule has 0 aromatic heterocycles. The van der Waals surface area contributed by atoms with Gasteiger partial charge >= 0.3 is 0 Å². The average Bonchev–Trinajstić information content (AvgIpc) is 2.39. The highest BCUT2D eigenvalue weighted by Crippen LogP contribution is 2.29. The fraction of sp³-hybridized carbons (Fsp3) is 0.571. The maximum absolute atomic E-state index is 13.2. The molecule has 100 valence electrons. The molecule has 0 N–H and O–H groups in total. The molecule has 0 saturated carbocycles. The predicted octanol–water partition coefficient (Wildman–Crippen LogP) is 3.43. The molecule has 1 aromatic carbocycles. The van der Waals surface area contributed by atoms with Crippen LogP contribution in [0.25, 0.3) is 0 Å². The molecule has 18 heavy (non-hydrogen) atoms. The van der Waals surface area contributed by atoms with E-state index in [-0.39, 0.29) is 11.9 Å². The molecule has 2 atom stereocenters. The second-order valence-corrected chi connectivity index (χ2v) is 5.16. The van der Waals surface area contributed by atoms with Gasteiger partial charge in [0.2, 0.25) is 0 Å². The molecule has 2 nitrogen and oxygen atoms in total. The van der Waals surface area contributed by atoms with E-state index in [1.165, 1.54) is 12.1 Å². The molecule has 2 unspecified atom stereocenters. The zero-order valence-electron chi connectivity index (χ0n) is 10.8. The topological polar surface area (TPSA) is 12.5 Å². The highest BCUT2D eigenvalue weighted by atomic mass is 35.5. The van der Waals surface area contributed by atoms with Crippen molar-refractivity contribution < 1.29 is 9.13 Å². The van der Waals surface area contributed by atoms with Crippen LogP contribution in [-0.4, -0.2) is 26.3 Å². The van der Waals surface area contributed by atoms with Crippen molar-refractivity contribution in [1.82, 2.24) is 0 Å². The summed E-state index contributed by atoms with van der Waals surface area (Å²) in [6.45, 7) is 4.02. The largest absolute Gasteiger partial charge is 0.379 e. The first-order valence-electron chi connectivity index (χ1n) is 6.28. The van der Waals surface area contributed by atoms with Gasteiger partial charge in [-0.25, -0.2) is 4.39 Å². The molecule has 4 heteroatoms. The Morgan fingerprint density at radius 3 is 2.94 bits per heavy atom. The summed E-state index contributed by atoms with van der Waals surface area (Å²) in [6, 6.07) is 4.82. The van der Waals surface area contributed by atoms with Crippen LogP contribution in [0, 0.1) is 11.7 Å². The van der Waals surface area contributed by atoms with Crippen molar-refractivity contribution >= 4 is 17.3 Å². The number of piperidine rings is 1. The first-order valence-corrected chi connectivity index (χ1v) is 6.81. The van der Waals surface area contributed by atoms with Gasteiger partial charge in [0.15, 0.2) is 0 Å². The quantitative estimate of drug-likeness (QED) is 0.781. The molecule has 1 fully saturated rings. The van der Waals surface area contributed by atoms with Crippen molar-refractivity contribution in [2.75, 3.05) is 25.1 Å². The normalized spacial score (nSPS) is 24.3. The van der Waals surface area contributed by atoms with Crippen molar-refractivity contribution in [3.05, 3.63) is 29.6 Å². The number of anilines is 1. The number of hydrogen-bond donors (Lipinski definition) is 0. The molecule has 0 bridgehead atoms. The minimum Gasteiger partial charge on any atom is -0.379 e. The minimum absolute atomic E-state index is 0.229. The summed E-state index contributed by atoms with van der Waals surface area (Å²) >= 11 is 5.90. The van der Waals surface area contributed by atoms with Crippen LogP contribution in [0.4, 0.5) is 10.1 Å².